The van der Waals surface area contributed by atoms with Crippen LogP contribution in [0, 0.1) is 11.2 Å². The summed E-state index contributed by atoms with van der Waals surface area (Å²) in [4.78, 5) is 13.2. The van der Waals surface area contributed by atoms with Crippen LogP contribution in [0.1, 0.15) is 49.0 Å². The van der Waals surface area contributed by atoms with Crippen molar-refractivity contribution in [1.29, 1.82) is 0 Å². The van der Waals surface area contributed by atoms with E-state index in [1.54, 1.807) is 12.1 Å². The molecule has 0 unspecified atom stereocenters. The van der Waals surface area contributed by atoms with E-state index in [2.05, 4.69) is 18.7 Å². The quantitative estimate of drug-likeness (QED) is 0.896. The van der Waals surface area contributed by atoms with Gasteiger partial charge in [0.05, 0.1) is 5.56 Å². The Labute approximate surface area is 119 Å². The molecule has 1 saturated heterocycles. The number of carboxylic acids is 1. The molecule has 1 aromatic carbocycles. The van der Waals surface area contributed by atoms with Gasteiger partial charge in [0.25, 0.3) is 0 Å². The lowest BCUT2D eigenvalue weighted by molar-refractivity contribution is 0.0691. The van der Waals surface area contributed by atoms with Crippen LogP contribution < -0.4 is 0 Å². The van der Waals surface area contributed by atoms with Crippen LogP contribution in [0.5, 0.6) is 0 Å². The van der Waals surface area contributed by atoms with Crippen LogP contribution in [0.15, 0.2) is 18.2 Å². The first-order chi connectivity index (χ1) is 9.51. The lowest BCUT2D eigenvalue weighted by Gasteiger charge is -2.26. The summed E-state index contributed by atoms with van der Waals surface area (Å²) < 4.78 is 14.1. The molecule has 1 aromatic rings. The Morgan fingerprint density at radius 1 is 1.40 bits per heavy atom. The number of carbonyl (C=O) groups is 1. The molecule has 0 aromatic heterocycles. The number of nitrogens with zero attached hydrogens (tertiary/aromatic N) is 1. The molecule has 2 rings (SSSR count). The largest absolute Gasteiger partial charge is 0.478 e. The molecule has 1 aliphatic rings. The standard InChI is InChI=1S/C16H22FNO2/c1-3-16(4-2)8-9-18(11-16)10-12-6-5-7-13(14(12)17)15(19)20/h5-7H,3-4,8-11H2,1-2H3,(H,19,20). The highest BCUT2D eigenvalue weighted by molar-refractivity contribution is 5.88. The Kier molecular flexibility index (Phi) is 4.43. The molecular weight excluding hydrogens is 257 g/mol. The Bertz CT molecular complexity index is 497. The number of hydrogen-bond donors (Lipinski definition) is 1. The van der Waals surface area contributed by atoms with Crippen molar-refractivity contribution < 1.29 is 14.3 Å². The van der Waals surface area contributed by atoms with Crippen LogP contribution in [0.25, 0.3) is 0 Å². The van der Waals surface area contributed by atoms with E-state index in [1.165, 1.54) is 6.07 Å². The average molecular weight is 279 g/mol. The van der Waals surface area contributed by atoms with Crippen molar-refractivity contribution in [2.75, 3.05) is 13.1 Å². The first-order valence-electron chi connectivity index (χ1n) is 7.24. The van der Waals surface area contributed by atoms with Gasteiger partial charge in [0, 0.05) is 18.7 Å². The highest BCUT2D eigenvalue weighted by Gasteiger charge is 2.35. The van der Waals surface area contributed by atoms with Crippen molar-refractivity contribution in [3.63, 3.8) is 0 Å². The second kappa shape index (κ2) is 5.92. The Morgan fingerprint density at radius 2 is 2.10 bits per heavy atom. The summed E-state index contributed by atoms with van der Waals surface area (Å²) in [5.74, 6) is -1.80. The van der Waals surface area contributed by atoms with Gasteiger partial charge in [-0.2, -0.15) is 0 Å². The molecule has 0 saturated carbocycles. The summed E-state index contributed by atoms with van der Waals surface area (Å²) in [5.41, 5.74) is 0.591. The monoisotopic (exact) mass is 279 g/mol. The molecule has 0 spiro atoms. The maximum Gasteiger partial charge on any atom is 0.338 e. The van der Waals surface area contributed by atoms with Gasteiger partial charge in [-0.15, -0.1) is 0 Å². The van der Waals surface area contributed by atoms with Crippen LogP contribution in [0.2, 0.25) is 0 Å². The van der Waals surface area contributed by atoms with Crippen LogP contribution in [0.4, 0.5) is 4.39 Å². The molecule has 0 radical (unpaired) electrons. The maximum absolute atomic E-state index is 14.1. The summed E-state index contributed by atoms with van der Waals surface area (Å²) in [6.07, 6.45) is 3.41. The van der Waals surface area contributed by atoms with Crippen molar-refractivity contribution >= 4 is 5.97 Å². The normalized spacial score (nSPS) is 18.4. The third-order valence-corrected chi connectivity index (χ3v) is 4.72. The lowest BCUT2D eigenvalue weighted by atomic mass is 9.82. The molecule has 0 atom stereocenters. The highest BCUT2D eigenvalue weighted by atomic mass is 19.1. The molecule has 110 valence electrons. The van der Waals surface area contributed by atoms with E-state index in [4.69, 9.17) is 5.11 Å². The van der Waals surface area contributed by atoms with Gasteiger partial charge in [0.15, 0.2) is 0 Å². The molecule has 0 bridgehead atoms. The smallest absolute Gasteiger partial charge is 0.338 e. The van der Waals surface area contributed by atoms with E-state index in [0.717, 1.165) is 32.4 Å². The molecule has 0 amide bonds. The number of carboxylic acid groups (broad SMARTS) is 1. The SMILES string of the molecule is CCC1(CC)CCN(Cc2cccc(C(=O)O)c2F)C1. The van der Waals surface area contributed by atoms with Crippen molar-refractivity contribution in [2.24, 2.45) is 5.41 Å². The summed E-state index contributed by atoms with van der Waals surface area (Å²) in [6, 6.07) is 4.61. The third-order valence-electron chi connectivity index (χ3n) is 4.72. The van der Waals surface area contributed by atoms with E-state index in [1.807, 2.05) is 0 Å². The summed E-state index contributed by atoms with van der Waals surface area (Å²) in [7, 11) is 0. The molecule has 20 heavy (non-hydrogen) atoms. The molecule has 4 heteroatoms. The Balaban J connectivity index is 2.12. The Morgan fingerprint density at radius 3 is 2.65 bits per heavy atom. The summed E-state index contributed by atoms with van der Waals surface area (Å²) >= 11 is 0. The zero-order valence-electron chi connectivity index (χ0n) is 12.2. The van der Waals surface area contributed by atoms with Crippen LogP contribution in [0.3, 0.4) is 0 Å². The number of benzene rings is 1. The number of aromatic carboxylic acids is 1. The zero-order valence-corrected chi connectivity index (χ0v) is 12.2. The molecular formula is C16H22FNO2. The second-order valence-corrected chi connectivity index (χ2v) is 5.75. The minimum absolute atomic E-state index is 0.237. The number of hydrogen-bond acceptors (Lipinski definition) is 2. The van der Waals surface area contributed by atoms with Gasteiger partial charge in [0.2, 0.25) is 0 Å². The van der Waals surface area contributed by atoms with Crippen molar-refractivity contribution in [3.8, 4) is 0 Å². The molecule has 1 N–H and O–H groups in total. The number of halogens is 1. The molecule has 3 nitrogen and oxygen atoms in total. The molecule has 0 aliphatic carbocycles. The zero-order chi connectivity index (χ0) is 14.8. The van der Waals surface area contributed by atoms with Crippen molar-refractivity contribution in [1.82, 2.24) is 4.90 Å². The van der Waals surface area contributed by atoms with Crippen molar-refractivity contribution in [3.05, 3.63) is 35.1 Å². The van der Waals surface area contributed by atoms with E-state index >= 15 is 0 Å². The second-order valence-electron chi connectivity index (χ2n) is 5.75. The molecule has 1 aliphatic heterocycles. The number of likely N-dealkylation sites (tertiary alicyclic amines) is 1. The van der Waals surface area contributed by atoms with Gasteiger partial charge < -0.3 is 5.11 Å². The fourth-order valence-electron chi connectivity index (χ4n) is 3.10. The van der Waals surface area contributed by atoms with Gasteiger partial charge in [-0.1, -0.05) is 26.0 Å². The summed E-state index contributed by atoms with van der Waals surface area (Å²) in [6.45, 7) is 6.83. The van der Waals surface area contributed by atoms with Crippen molar-refractivity contribution in [2.45, 2.75) is 39.7 Å². The van der Waals surface area contributed by atoms with Gasteiger partial charge >= 0.3 is 5.97 Å². The lowest BCUT2D eigenvalue weighted by Crippen LogP contribution is -2.26. The van der Waals surface area contributed by atoms with E-state index < -0.39 is 11.8 Å². The van der Waals surface area contributed by atoms with E-state index in [0.29, 0.717) is 17.5 Å². The molecule has 1 heterocycles. The molecule has 1 fully saturated rings. The van der Waals surface area contributed by atoms with Crippen LogP contribution in [-0.2, 0) is 6.54 Å². The minimum atomic E-state index is -1.21. The first kappa shape index (κ1) is 15.0. The minimum Gasteiger partial charge on any atom is -0.478 e. The van der Waals surface area contributed by atoms with Gasteiger partial charge in [-0.25, -0.2) is 9.18 Å². The predicted octanol–water partition coefficient (Wildman–Crippen LogP) is 3.54. The fourth-order valence-corrected chi connectivity index (χ4v) is 3.10. The topological polar surface area (TPSA) is 40.5 Å². The summed E-state index contributed by atoms with van der Waals surface area (Å²) in [5, 5.41) is 8.96. The highest BCUT2D eigenvalue weighted by Crippen LogP contribution is 2.37. The Hall–Kier alpha value is -1.42. The average Bonchev–Trinajstić information content (AvgIpc) is 2.85. The number of rotatable bonds is 5. The fraction of sp³-hybridized carbons (Fsp3) is 0.562. The van der Waals surface area contributed by atoms with Crippen LogP contribution >= 0.6 is 0 Å². The van der Waals surface area contributed by atoms with E-state index in [9.17, 15) is 9.18 Å². The van der Waals surface area contributed by atoms with Gasteiger partial charge in [0.1, 0.15) is 5.82 Å². The van der Waals surface area contributed by atoms with Crippen LogP contribution in [-0.4, -0.2) is 29.1 Å². The van der Waals surface area contributed by atoms with Gasteiger partial charge in [-0.05, 0) is 37.3 Å². The maximum atomic E-state index is 14.1. The predicted molar refractivity (Wildman–Crippen MR) is 76.3 cm³/mol. The first-order valence-corrected chi connectivity index (χ1v) is 7.24. The van der Waals surface area contributed by atoms with Gasteiger partial charge in [-0.3, -0.25) is 4.90 Å². The van der Waals surface area contributed by atoms with E-state index in [-0.39, 0.29) is 5.56 Å². The third kappa shape index (κ3) is 2.85.